The van der Waals surface area contributed by atoms with E-state index in [1.54, 1.807) is 11.3 Å². The lowest BCUT2D eigenvalue weighted by atomic mass is 9.91. The number of rotatable bonds is 2. The van der Waals surface area contributed by atoms with Gasteiger partial charge in [0, 0.05) is 34.0 Å². The van der Waals surface area contributed by atoms with Gasteiger partial charge in [-0.2, -0.15) is 0 Å². The predicted molar refractivity (Wildman–Crippen MR) is 107 cm³/mol. The van der Waals surface area contributed by atoms with Gasteiger partial charge in [0.1, 0.15) is 0 Å². The molecule has 24 heavy (non-hydrogen) atoms. The first-order valence-corrected chi connectivity index (χ1v) is 9.87. The molecule has 2 aromatic carbocycles. The van der Waals surface area contributed by atoms with Crippen molar-refractivity contribution in [3.8, 4) is 11.3 Å². The Hall–Kier alpha value is -1.43. The molecule has 4 rings (SSSR count). The molecule has 1 aliphatic rings. The summed E-state index contributed by atoms with van der Waals surface area (Å²) in [5.74, 6) is 0. The van der Waals surface area contributed by atoms with E-state index < -0.39 is 0 Å². The summed E-state index contributed by atoms with van der Waals surface area (Å²) in [5.41, 5.74) is 8.44. The minimum absolute atomic E-state index is 0.0246. The average Bonchev–Trinajstić information content (AvgIpc) is 3.04. The summed E-state index contributed by atoms with van der Waals surface area (Å²) in [6.07, 6.45) is 2.04. The topological polar surface area (TPSA) is 42.1 Å². The minimum atomic E-state index is -0.0246. The molecule has 0 saturated carbocycles. The molecule has 3 aromatic rings. The molecular formula is C19H20BrN3S. The fraction of sp³-hybridized carbons (Fsp3) is 0.316. The number of benzene rings is 2. The van der Waals surface area contributed by atoms with Crippen LogP contribution in [0.15, 0.2) is 46.3 Å². The first-order chi connectivity index (χ1) is 11.5. The summed E-state index contributed by atoms with van der Waals surface area (Å²) in [6.45, 7) is 4.13. The molecule has 0 amide bonds. The smallest absolute Gasteiger partial charge is 0.185 e. The molecule has 1 fully saturated rings. The first kappa shape index (κ1) is 16.1. The standard InChI is InChI=1S/C19H20BrN3S/c1-19(21)6-8-23(9-7-19)18-22-17(12-24-18)15-3-2-14-11-16(20)5-4-13(14)10-15/h2-5,10-12H,6-9,21H2,1H3. The zero-order valence-corrected chi connectivity index (χ0v) is 16.0. The highest BCUT2D eigenvalue weighted by Gasteiger charge is 2.27. The van der Waals surface area contributed by atoms with Gasteiger partial charge in [0.15, 0.2) is 5.13 Å². The van der Waals surface area contributed by atoms with E-state index in [9.17, 15) is 0 Å². The van der Waals surface area contributed by atoms with Gasteiger partial charge >= 0.3 is 0 Å². The largest absolute Gasteiger partial charge is 0.348 e. The van der Waals surface area contributed by atoms with Gasteiger partial charge in [0.25, 0.3) is 0 Å². The number of thiazole rings is 1. The van der Waals surface area contributed by atoms with Crippen molar-refractivity contribution in [2.75, 3.05) is 18.0 Å². The minimum Gasteiger partial charge on any atom is -0.348 e. The van der Waals surface area contributed by atoms with Crippen LogP contribution in [-0.2, 0) is 0 Å². The monoisotopic (exact) mass is 401 g/mol. The lowest BCUT2D eigenvalue weighted by Gasteiger charge is -2.36. The Bertz CT molecular complexity index is 877. The molecule has 2 heterocycles. The highest BCUT2D eigenvalue weighted by Crippen LogP contribution is 2.32. The molecule has 124 valence electrons. The molecule has 3 nitrogen and oxygen atoms in total. The lowest BCUT2D eigenvalue weighted by molar-refractivity contribution is 0.364. The Balaban J connectivity index is 1.59. The van der Waals surface area contributed by atoms with Gasteiger partial charge in [-0.25, -0.2) is 4.98 Å². The van der Waals surface area contributed by atoms with Crippen molar-refractivity contribution in [1.82, 2.24) is 4.98 Å². The van der Waals surface area contributed by atoms with E-state index in [4.69, 9.17) is 10.7 Å². The molecular weight excluding hydrogens is 382 g/mol. The molecule has 0 atom stereocenters. The van der Waals surface area contributed by atoms with E-state index in [2.05, 4.69) is 69.5 Å². The second kappa shape index (κ2) is 6.14. The van der Waals surface area contributed by atoms with Crippen molar-refractivity contribution in [3.05, 3.63) is 46.3 Å². The molecule has 0 unspecified atom stereocenters. The Labute approximate surface area is 154 Å². The van der Waals surface area contributed by atoms with Crippen LogP contribution < -0.4 is 10.6 Å². The van der Waals surface area contributed by atoms with Gasteiger partial charge in [-0.3, -0.25) is 0 Å². The van der Waals surface area contributed by atoms with E-state index in [0.717, 1.165) is 41.2 Å². The molecule has 0 bridgehead atoms. The van der Waals surface area contributed by atoms with Crippen molar-refractivity contribution in [2.24, 2.45) is 5.73 Å². The van der Waals surface area contributed by atoms with Crippen LogP contribution in [0.5, 0.6) is 0 Å². The summed E-state index contributed by atoms with van der Waals surface area (Å²) in [5, 5.41) is 5.74. The molecule has 0 spiro atoms. The second-order valence-corrected chi connectivity index (χ2v) is 8.61. The number of anilines is 1. The van der Waals surface area contributed by atoms with Crippen molar-refractivity contribution >= 4 is 43.2 Å². The first-order valence-electron chi connectivity index (χ1n) is 8.19. The van der Waals surface area contributed by atoms with E-state index >= 15 is 0 Å². The quantitative estimate of drug-likeness (QED) is 0.653. The van der Waals surface area contributed by atoms with Gasteiger partial charge in [-0.05, 0) is 48.7 Å². The van der Waals surface area contributed by atoms with Crippen LogP contribution in [0, 0.1) is 0 Å². The molecule has 1 aromatic heterocycles. The van der Waals surface area contributed by atoms with Gasteiger partial charge in [-0.1, -0.05) is 34.1 Å². The van der Waals surface area contributed by atoms with Gasteiger partial charge in [0.05, 0.1) is 5.69 Å². The number of fused-ring (bicyclic) bond motifs is 1. The van der Waals surface area contributed by atoms with Crippen molar-refractivity contribution in [3.63, 3.8) is 0 Å². The zero-order valence-electron chi connectivity index (χ0n) is 13.6. The van der Waals surface area contributed by atoms with Crippen molar-refractivity contribution in [1.29, 1.82) is 0 Å². The van der Waals surface area contributed by atoms with E-state index in [-0.39, 0.29) is 5.54 Å². The number of aromatic nitrogens is 1. The summed E-state index contributed by atoms with van der Waals surface area (Å²) in [4.78, 5) is 7.23. The Morgan fingerprint density at radius 2 is 1.83 bits per heavy atom. The number of piperidine rings is 1. The third-order valence-corrected chi connectivity index (χ3v) is 6.16. The van der Waals surface area contributed by atoms with Crippen LogP contribution in [-0.4, -0.2) is 23.6 Å². The maximum Gasteiger partial charge on any atom is 0.185 e. The Morgan fingerprint density at radius 1 is 1.12 bits per heavy atom. The van der Waals surface area contributed by atoms with Gasteiger partial charge in [-0.15, -0.1) is 11.3 Å². The maximum absolute atomic E-state index is 6.23. The molecule has 2 N–H and O–H groups in total. The van der Waals surface area contributed by atoms with E-state index in [0.29, 0.717) is 0 Å². The number of hydrogen-bond acceptors (Lipinski definition) is 4. The van der Waals surface area contributed by atoms with Crippen LogP contribution in [0.25, 0.3) is 22.0 Å². The van der Waals surface area contributed by atoms with Crippen LogP contribution in [0.4, 0.5) is 5.13 Å². The SMILES string of the molecule is CC1(N)CCN(c2nc(-c3ccc4cc(Br)ccc4c3)cs2)CC1. The van der Waals surface area contributed by atoms with Crippen LogP contribution in [0.2, 0.25) is 0 Å². The number of nitrogens with two attached hydrogens (primary N) is 1. The Kier molecular flexibility index (Phi) is 4.11. The molecule has 0 aliphatic carbocycles. The van der Waals surface area contributed by atoms with Crippen molar-refractivity contribution in [2.45, 2.75) is 25.3 Å². The summed E-state index contributed by atoms with van der Waals surface area (Å²) >= 11 is 5.25. The van der Waals surface area contributed by atoms with Gasteiger partial charge in [0.2, 0.25) is 0 Å². The number of halogens is 1. The average molecular weight is 402 g/mol. The van der Waals surface area contributed by atoms with Crippen LogP contribution in [0.3, 0.4) is 0 Å². The molecule has 5 heteroatoms. The Morgan fingerprint density at radius 3 is 2.62 bits per heavy atom. The summed E-state index contributed by atoms with van der Waals surface area (Å²) in [6, 6.07) is 12.9. The van der Waals surface area contributed by atoms with E-state index in [1.807, 2.05) is 0 Å². The maximum atomic E-state index is 6.23. The second-order valence-electron chi connectivity index (χ2n) is 6.86. The van der Waals surface area contributed by atoms with Gasteiger partial charge < -0.3 is 10.6 Å². The third-order valence-electron chi connectivity index (χ3n) is 4.77. The molecule has 1 aliphatic heterocycles. The highest BCUT2D eigenvalue weighted by atomic mass is 79.9. The van der Waals surface area contributed by atoms with Crippen molar-refractivity contribution < 1.29 is 0 Å². The molecule has 0 radical (unpaired) electrons. The normalized spacial score (nSPS) is 17.4. The summed E-state index contributed by atoms with van der Waals surface area (Å²) < 4.78 is 1.11. The fourth-order valence-electron chi connectivity index (χ4n) is 3.13. The third kappa shape index (κ3) is 3.21. The zero-order chi connectivity index (χ0) is 16.7. The molecule has 1 saturated heterocycles. The van der Waals surface area contributed by atoms with Crippen LogP contribution in [0.1, 0.15) is 19.8 Å². The van der Waals surface area contributed by atoms with Crippen LogP contribution >= 0.6 is 27.3 Å². The lowest BCUT2D eigenvalue weighted by Crippen LogP contribution is -2.48. The highest BCUT2D eigenvalue weighted by molar-refractivity contribution is 9.10. The predicted octanol–water partition coefficient (Wildman–Crippen LogP) is 5.04. The summed E-state index contributed by atoms with van der Waals surface area (Å²) in [7, 11) is 0. The van der Waals surface area contributed by atoms with E-state index in [1.165, 1.54) is 16.3 Å². The number of nitrogens with zero attached hydrogens (tertiary/aromatic N) is 2. The number of hydrogen-bond donors (Lipinski definition) is 1. The fourth-order valence-corrected chi connectivity index (χ4v) is 4.39.